The summed E-state index contributed by atoms with van der Waals surface area (Å²) in [6, 6.07) is 5.93. The molecule has 0 bridgehead atoms. The Morgan fingerprint density at radius 1 is 1.00 bits per heavy atom. The number of Topliss-reactive ketones (excluding diaryl/α,β-unsaturated/α-hetero) is 1. The maximum atomic E-state index is 12.7. The van der Waals surface area contributed by atoms with Gasteiger partial charge < -0.3 is 24.8 Å². The Balaban J connectivity index is 1.59. The van der Waals surface area contributed by atoms with Gasteiger partial charge in [0, 0.05) is 41.2 Å². The first-order valence-corrected chi connectivity index (χ1v) is 10.6. The van der Waals surface area contributed by atoms with E-state index >= 15 is 0 Å². The first-order chi connectivity index (χ1) is 14.6. The molecule has 0 saturated carbocycles. The van der Waals surface area contributed by atoms with E-state index in [2.05, 4.69) is 26.8 Å². The number of rotatable bonds is 1. The van der Waals surface area contributed by atoms with Gasteiger partial charge in [-0.3, -0.25) is 4.79 Å². The van der Waals surface area contributed by atoms with Crippen LogP contribution in [0.15, 0.2) is 35.9 Å². The Bertz CT molecular complexity index is 1130. The van der Waals surface area contributed by atoms with Crippen molar-refractivity contribution < 1.29 is 29.6 Å². The van der Waals surface area contributed by atoms with Crippen LogP contribution >= 0.6 is 0 Å². The predicted octanol–water partition coefficient (Wildman–Crippen LogP) is 5.12. The Morgan fingerprint density at radius 2 is 1.77 bits per heavy atom. The zero-order chi connectivity index (χ0) is 22.1. The lowest BCUT2D eigenvalue weighted by atomic mass is 9.68. The van der Waals surface area contributed by atoms with Crippen molar-refractivity contribution in [2.45, 2.75) is 57.7 Å². The fourth-order valence-corrected chi connectivity index (χ4v) is 5.32. The average Bonchev–Trinajstić information content (AvgIpc) is 2.66. The van der Waals surface area contributed by atoms with Crippen LogP contribution in [-0.2, 0) is 0 Å². The summed E-state index contributed by atoms with van der Waals surface area (Å²) in [7, 11) is 0. The van der Waals surface area contributed by atoms with Crippen LogP contribution in [0.5, 0.6) is 28.7 Å². The van der Waals surface area contributed by atoms with Crippen molar-refractivity contribution in [1.82, 2.24) is 0 Å². The summed E-state index contributed by atoms with van der Waals surface area (Å²) in [5.74, 6) is 0.418. The lowest BCUT2D eigenvalue weighted by molar-refractivity contribution is 0.0113. The van der Waals surface area contributed by atoms with Crippen LogP contribution in [0.1, 0.15) is 73.5 Å². The average molecular weight is 422 g/mol. The molecule has 0 spiro atoms. The van der Waals surface area contributed by atoms with Gasteiger partial charge in [-0.1, -0.05) is 11.6 Å². The number of phenolic OH excluding ortho intramolecular Hbond substituents is 3. The second-order valence-corrected chi connectivity index (χ2v) is 9.41. The maximum Gasteiger partial charge on any atom is 0.174 e. The van der Waals surface area contributed by atoms with E-state index in [-0.39, 0.29) is 52.3 Å². The highest BCUT2D eigenvalue weighted by atomic mass is 16.5. The number of carbonyl (C=O) groups excluding carboxylic acids is 1. The molecule has 3 atom stereocenters. The van der Waals surface area contributed by atoms with Crippen molar-refractivity contribution in [2.24, 2.45) is 5.92 Å². The largest absolute Gasteiger partial charge is 0.508 e. The number of aromatic hydroxyl groups is 3. The van der Waals surface area contributed by atoms with Crippen LogP contribution in [0.25, 0.3) is 0 Å². The molecule has 3 N–H and O–H groups in total. The molecule has 0 saturated heterocycles. The Hall–Kier alpha value is -3.15. The molecule has 5 rings (SSSR count). The van der Waals surface area contributed by atoms with Gasteiger partial charge in [-0.2, -0.15) is 0 Å². The van der Waals surface area contributed by atoms with Gasteiger partial charge in [-0.25, -0.2) is 0 Å². The van der Waals surface area contributed by atoms with Crippen LogP contribution in [0.4, 0.5) is 0 Å². The van der Waals surface area contributed by atoms with Crippen LogP contribution in [0, 0.1) is 5.92 Å². The van der Waals surface area contributed by atoms with E-state index in [0.29, 0.717) is 17.2 Å². The van der Waals surface area contributed by atoms with Crippen molar-refractivity contribution in [3.05, 3.63) is 52.6 Å². The molecule has 3 aliphatic rings. The SMILES string of the molecule is CC1=CC2c3cc(C4CC(=O)c5c(O)cc(O)cc5O4)c(O)cc3OC(C)(C)C2CC1. The molecule has 1 aliphatic carbocycles. The molecule has 2 heterocycles. The molecule has 0 radical (unpaired) electrons. The van der Waals surface area contributed by atoms with Crippen molar-refractivity contribution in [1.29, 1.82) is 0 Å². The fourth-order valence-electron chi connectivity index (χ4n) is 5.32. The number of allylic oxidation sites excluding steroid dienone is 2. The quantitative estimate of drug-likeness (QED) is 0.552. The minimum Gasteiger partial charge on any atom is -0.508 e. The van der Waals surface area contributed by atoms with Gasteiger partial charge in [0.15, 0.2) is 5.78 Å². The summed E-state index contributed by atoms with van der Waals surface area (Å²) >= 11 is 0. The molecular formula is C25H26O6. The molecule has 6 nitrogen and oxygen atoms in total. The summed E-state index contributed by atoms with van der Waals surface area (Å²) in [5, 5.41) is 30.6. The molecule has 0 fully saturated rings. The molecule has 2 aromatic carbocycles. The third kappa shape index (κ3) is 3.12. The second kappa shape index (κ2) is 6.67. The lowest BCUT2D eigenvalue weighted by Crippen LogP contribution is -2.45. The van der Waals surface area contributed by atoms with Crippen molar-refractivity contribution in [3.63, 3.8) is 0 Å². The fraction of sp³-hybridized carbons (Fsp3) is 0.400. The molecule has 162 valence electrons. The van der Waals surface area contributed by atoms with Gasteiger partial charge in [0.2, 0.25) is 0 Å². The van der Waals surface area contributed by atoms with E-state index in [1.165, 1.54) is 11.6 Å². The Kier molecular flexibility index (Phi) is 4.26. The van der Waals surface area contributed by atoms with E-state index in [4.69, 9.17) is 9.47 Å². The van der Waals surface area contributed by atoms with E-state index in [1.807, 2.05) is 6.07 Å². The molecule has 31 heavy (non-hydrogen) atoms. The highest BCUT2D eigenvalue weighted by Gasteiger charge is 2.45. The Labute approximate surface area is 180 Å². The number of carbonyl (C=O) groups is 1. The van der Waals surface area contributed by atoms with Crippen LogP contribution in [0.2, 0.25) is 0 Å². The van der Waals surface area contributed by atoms with Crippen molar-refractivity contribution >= 4 is 5.78 Å². The zero-order valence-corrected chi connectivity index (χ0v) is 17.8. The van der Waals surface area contributed by atoms with Gasteiger partial charge in [0.1, 0.15) is 46.0 Å². The highest BCUT2D eigenvalue weighted by molar-refractivity contribution is 6.02. The first-order valence-electron chi connectivity index (χ1n) is 10.6. The minimum absolute atomic E-state index is 0.00450. The van der Waals surface area contributed by atoms with Gasteiger partial charge in [-0.15, -0.1) is 0 Å². The standard InChI is InChI=1S/C25H26O6/c1-12-4-5-17-14(6-12)15-9-16(18(27)10-22(15)31-25(17,2)3)21-11-20(29)24-19(28)7-13(26)8-23(24)30-21/h6-10,14,17,21,26-28H,4-5,11H2,1-3H3. The number of hydrogen-bond donors (Lipinski definition) is 3. The van der Waals surface area contributed by atoms with E-state index in [0.717, 1.165) is 24.5 Å². The summed E-state index contributed by atoms with van der Waals surface area (Å²) in [6.45, 7) is 6.32. The number of phenols is 3. The number of fused-ring (bicyclic) bond motifs is 4. The van der Waals surface area contributed by atoms with Gasteiger partial charge in [0.25, 0.3) is 0 Å². The molecular weight excluding hydrogens is 396 g/mol. The highest BCUT2D eigenvalue weighted by Crippen LogP contribution is 2.53. The summed E-state index contributed by atoms with van der Waals surface area (Å²) in [5.41, 5.74) is 2.52. The maximum absolute atomic E-state index is 12.7. The van der Waals surface area contributed by atoms with Crippen LogP contribution in [0.3, 0.4) is 0 Å². The minimum atomic E-state index is -0.728. The number of benzene rings is 2. The van der Waals surface area contributed by atoms with E-state index in [9.17, 15) is 20.1 Å². The zero-order valence-electron chi connectivity index (χ0n) is 17.8. The second-order valence-electron chi connectivity index (χ2n) is 9.41. The molecule has 2 aliphatic heterocycles. The van der Waals surface area contributed by atoms with Gasteiger partial charge >= 0.3 is 0 Å². The monoisotopic (exact) mass is 422 g/mol. The molecule has 0 amide bonds. The summed E-state index contributed by atoms with van der Waals surface area (Å²) in [4.78, 5) is 12.7. The third-order valence-electron chi connectivity index (χ3n) is 6.86. The van der Waals surface area contributed by atoms with Crippen molar-refractivity contribution in [3.8, 4) is 28.7 Å². The molecule has 6 heteroatoms. The predicted molar refractivity (Wildman–Crippen MR) is 114 cm³/mol. The van der Waals surface area contributed by atoms with E-state index in [1.54, 1.807) is 6.07 Å². The summed E-state index contributed by atoms with van der Waals surface area (Å²) < 4.78 is 12.3. The topological polar surface area (TPSA) is 96.2 Å². The first kappa shape index (κ1) is 19.8. The third-order valence-corrected chi connectivity index (χ3v) is 6.86. The van der Waals surface area contributed by atoms with Crippen LogP contribution in [-0.4, -0.2) is 26.7 Å². The molecule has 2 aromatic rings. The number of ketones is 1. The number of ether oxygens (including phenoxy) is 2. The lowest BCUT2D eigenvalue weighted by Gasteiger charge is -2.46. The number of hydrogen-bond acceptors (Lipinski definition) is 6. The smallest absolute Gasteiger partial charge is 0.174 e. The van der Waals surface area contributed by atoms with Gasteiger partial charge in [-0.05, 0) is 39.7 Å². The van der Waals surface area contributed by atoms with Gasteiger partial charge in [0.05, 0.1) is 6.42 Å². The summed E-state index contributed by atoms with van der Waals surface area (Å²) in [6.07, 6.45) is 3.61. The van der Waals surface area contributed by atoms with E-state index < -0.39 is 6.10 Å². The Morgan fingerprint density at radius 3 is 2.55 bits per heavy atom. The van der Waals surface area contributed by atoms with Crippen LogP contribution < -0.4 is 9.47 Å². The van der Waals surface area contributed by atoms with Crippen molar-refractivity contribution in [2.75, 3.05) is 0 Å². The molecule has 3 unspecified atom stereocenters. The normalized spacial score (nSPS) is 26.0. The molecule has 0 aromatic heterocycles.